The summed E-state index contributed by atoms with van der Waals surface area (Å²) >= 11 is 1.30. The van der Waals surface area contributed by atoms with Crippen molar-refractivity contribution >= 4 is 16.9 Å². The molecule has 0 spiro atoms. The van der Waals surface area contributed by atoms with Crippen LogP contribution < -0.4 is 0 Å². The zero-order valence-electron chi connectivity index (χ0n) is 6.37. The Bertz CT molecular complexity index is 216. The third-order valence-corrected chi connectivity index (χ3v) is 2.28. The van der Waals surface area contributed by atoms with Crippen molar-refractivity contribution in [3.8, 4) is 0 Å². The van der Waals surface area contributed by atoms with Crippen LogP contribution in [0.4, 0.5) is 0 Å². The van der Waals surface area contributed by atoms with E-state index in [1.807, 2.05) is 19.1 Å². The fourth-order valence-corrected chi connectivity index (χ4v) is 1.32. The molecule has 2 nitrogen and oxygen atoms in total. The molecule has 0 aromatic carbocycles. The van der Waals surface area contributed by atoms with Gasteiger partial charge in [0.05, 0.1) is 12.0 Å². The summed E-state index contributed by atoms with van der Waals surface area (Å²) in [7, 11) is 0. The number of thioether (sulfide) groups is 1. The number of furan rings is 1. The topological polar surface area (TPSA) is 30.2 Å². The average molecular weight is 170 g/mol. The Balaban J connectivity index is 2.29. The maximum absolute atomic E-state index is 10.8. The second kappa shape index (κ2) is 4.23. The van der Waals surface area contributed by atoms with Crippen LogP contribution in [0.15, 0.2) is 22.8 Å². The third-order valence-electron chi connectivity index (χ3n) is 1.24. The van der Waals surface area contributed by atoms with Gasteiger partial charge in [-0.1, -0.05) is 18.7 Å². The summed E-state index contributed by atoms with van der Waals surface area (Å²) in [6, 6.07) is 3.70. The maximum Gasteiger partial charge on any atom is 0.189 e. The largest absolute Gasteiger partial charge is 0.468 e. The lowest BCUT2D eigenvalue weighted by Crippen LogP contribution is -1.87. The number of hydrogen-bond donors (Lipinski definition) is 0. The van der Waals surface area contributed by atoms with Crippen molar-refractivity contribution in [2.75, 3.05) is 0 Å². The van der Waals surface area contributed by atoms with E-state index < -0.39 is 0 Å². The number of rotatable bonds is 3. The summed E-state index contributed by atoms with van der Waals surface area (Å²) in [5, 5.41) is 0.210. The van der Waals surface area contributed by atoms with Crippen molar-refractivity contribution in [3.05, 3.63) is 24.2 Å². The lowest BCUT2D eigenvalue weighted by Gasteiger charge is -1.93. The van der Waals surface area contributed by atoms with Gasteiger partial charge in [0.15, 0.2) is 5.12 Å². The number of carbonyl (C=O) groups is 1. The monoisotopic (exact) mass is 170 g/mol. The Morgan fingerprint density at radius 1 is 1.73 bits per heavy atom. The zero-order valence-corrected chi connectivity index (χ0v) is 7.19. The first-order valence-corrected chi connectivity index (χ1v) is 4.49. The van der Waals surface area contributed by atoms with Gasteiger partial charge in [-0.05, 0) is 12.1 Å². The van der Waals surface area contributed by atoms with E-state index in [9.17, 15) is 4.79 Å². The first kappa shape index (κ1) is 8.40. The molecule has 0 unspecified atom stereocenters. The molecule has 1 aromatic rings. The molecule has 0 aliphatic heterocycles. The molecule has 0 saturated carbocycles. The molecule has 0 aliphatic rings. The predicted octanol–water partition coefficient (Wildman–Crippen LogP) is 2.45. The fraction of sp³-hybridized carbons (Fsp3) is 0.375. The minimum atomic E-state index is 0.210. The highest BCUT2D eigenvalue weighted by molar-refractivity contribution is 8.12. The average Bonchev–Trinajstić information content (AvgIpc) is 2.52. The van der Waals surface area contributed by atoms with Gasteiger partial charge in [0.2, 0.25) is 0 Å². The zero-order chi connectivity index (χ0) is 8.10. The molecule has 0 N–H and O–H groups in total. The summed E-state index contributed by atoms with van der Waals surface area (Å²) in [4.78, 5) is 10.8. The van der Waals surface area contributed by atoms with Crippen molar-refractivity contribution in [1.29, 1.82) is 0 Å². The summed E-state index contributed by atoms with van der Waals surface area (Å²) < 4.78 is 5.06. The Hall–Kier alpha value is -0.700. The van der Waals surface area contributed by atoms with E-state index in [4.69, 9.17) is 4.42 Å². The van der Waals surface area contributed by atoms with Crippen molar-refractivity contribution in [2.24, 2.45) is 0 Å². The van der Waals surface area contributed by atoms with Crippen molar-refractivity contribution < 1.29 is 9.21 Å². The Morgan fingerprint density at radius 2 is 2.55 bits per heavy atom. The number of carbonyl (C=O) groups excluding carboxylic acids is 1. The molecule has 11 heavy (non-hydrogen) atoms. The van der Waals surface area contributed by atoms with Crippen molar-refractivity contribution in [2.45, 2.75) is 19.1 Å². The highest BCUT2D eigenvalue weighted by atomic mass is 32.2. The molecule has 3 heteroatoms. The van der Waals surface area contributed by atoms with E-state index >= 15 is 0 Å². The summed E-state index contributed by atoms with van der Waals surface area (Å²) in [5.74, 6) is 1.51. The van der Waals surface area contributed by atoms with Gasteiger partial charge in [0.1, 0.15) is 5.76 Å². The second-order valence-corrected chi connectivity index (χ2v) is 3.13. The van der Waals surface area contributed by atoms with Crippen LogP contribution in [0.25, 0.3) is 0 Å². The van der Waals surface area contributed by atoms with Crippen LogP contribution in [0.5, 0.6) is 0 Å². The summed E-state index contributed by atoms with van der Waals surface area (Å²) in [5.41, 5.74) is 0. The lowest BCUT2D eigenvalue weighted by molar-refractivity contribution is -0.110. The predicted molar refractivity (Wildman–Crippen MR) is 45.3 cm³/mol. The minimum Gasteiger partial charge on any atom is -0.468 e. The van der Waals surface area contributed by atoms with Gasteiger partial charge in [0, 0.05) is 6.42 Å². The highest BCUT2D eigenvalue weighted by Crippen LogP contribution is 2.14. The second-order valence-electron chi connectivity index (χ2n) is 2.09. The van der Waals surface area contributed by atoms with Crippen LogP contribution in [-0.2, 0) is 10.5 Å². The SMILES string of the molecule is CCC(=O)SCc1ccco1. The van der Waals surface area contributed by atoms with Gasteiger partial charge < -0.3 is 4.42 Å². The molecule has 0 aliphatic carbocycles. The summed E-state index contributed by atoms with van der Waals surface area (Å²) in [6.45, 7) is 1.86. The highest BCUT2D eigenvalue weighted by Gasteiger charge is 2.00. The molecule has 0 bridgehead atoms. The van der Waals surface area contributed by atoms with E-state index in [0.29, 0.717) is 12.2 Å². The molecule has 60 valence electrons. The smallest absolute Gasteiger partial charge is 0.189 e. The van der Waals surface area contributed by atoms with Gasteiger partial charge >= 0.3 is 0 Å². The first-order valence-electron chi connectivity index (χ1n) is 3.51. The molecule has 1 heterocycles. The maximum atomic E-state index is 10.8. The molecule has 0 radical (unpaired) electrons. The van der Waals surface area contributed by atoms with Crippen LogP contribution in [0.3, 0.4) is 0 Å². The first-order chi connectivity index (χ1) is 5.33. The van der Waals surface area contributed by atoms with Crippen LogP contribution in [0.2, 0.25) is 0 Å². The molecule has 1 rings (SSSR count). The van der Waals surface area contributed by atoms with Crippen molar-refractivity contribution in [1.82, 2.24) is 0 Å². The minimum absolute atomic E-state index is 0.210. The quantitative estimate of drug-likeness (QED) is 0.698. The van der Waals surface area contributed by atoms with Gasteiger partial charge in [-0.15, -0.1) is 0 Å². The van der Waals surface area contributed by atoms with Gasteiger partial charge in [-0.3, -0.25) is 4.79 Å². The van der Waals surface area contributed by atoms with Crippen LogP contribution >= 0.6 is 11.8 Å². The molecule has 0 atom stereocenters. The molecular weight excluding hydrogens is 160 g/mol. The molecular formula is C8H10O2S. The fourth-order valence-electron chi connectivity index (χ4n) is 0.648. The molecule has 0 fully saturated rings. The van der Waals surface area contributed by atoms with Gasteiger partial charge in [-0.25, -0.2) is 0 Å². The number of hydrogen-bond acceptors (Lipinski definition) is 3. The standard InChI is InChI=1S/C8H10O2S/c1-2-8(9)11-6-7-4-3-5-10-7/h3-5H,2,6H2,1H3. The van der Waals surface area contributed by atoms with Crippen LogP contribution in [0.1, 0.15) is 19.1 Å². The van der Waals surface area contributed by atoms with E-state index in [1.54, 1.807) is 6.26 Å². The molecule has 0 saturated heterocycles. The van der Waals surface area contributed by atoms with Crippen molar-refractivity contribution in [3.63, 3.8) is 0 Å². The normalized spacial score (nSPS) is 9.91. The van der Waals surface area contributed by atoms with E-state index in [2.05, 4.69) is 0 Å². The molecule has 1 aromatic heterocycles. The molecule has 0 amide bonds. The van der Waals surface area contributed by atoms with E-state index in [-0.39, 0.29) is 5.12 Å². The third kappa shape index (κ3) is 2.80. The van der Waals surface area contributed by atoms with E-state index in [0.717, 1.165) is 5.76 Å². The lowest BCUT2D eigenvalue weighted by atomic mass is 10.5. The van der Waals surface area contributed by atoms with Gasteiger partial charge in [-0.2, -0.15) is 0 Å². The van der Waals surface area contributed by atoms with E-state index in [1.165, 1.54) is 11.8 Å². The Labute approximate surface area is 70.0 Å². The Morgan fingerprint density at radius 3 is 3.09 bits per heavy atom. The summed E-state index contributed by atoms with van der Waals surface area (Å²) in [6.07, 6.45) is 2.21. The van der Waals surface area contributed by atoms with Gasteiger partial charge in [0.25, 0.3) is 0 Å². The van der Waals surface area contributed by atoms with Crippen LogP contribution in [0, 0.1) is 0 Å². The van der Waals surface area contributed by atoms with Crippen LogP contribution in [-0.4, -0.2) is 5.12 Å². The Kier molecular flexibility index (Phi) is 3.23.